The predicted octanol–water partition coefficient (Wildman–Crippen LogP) is 2.67. The van der Waals surface area contributed by atoms with E-state index in [1.807, 2.05) is 31.2 Å². The van der Waals surface area contributed by atoms with Crippen molar-refractivity contribution in [2.75, 3.05) is 12.3 Å². The topological polar surface area (TPSA) is 60.2 Å². The van der Waals surface area contributed by atoms with Gasteiger partial charge >= 0.3 is 0 Å². The van der Waals surface area contributed by atoms with Gasteiger partial charge in [-0.05, 0) is 42.9 Å². The average molecular weight is 283 g/mol. The minimum Gasteiger partial charge on any atom is -0.330 e. The van der Waals surface area contributed by atoms with E-state index in [0.717, 1.165) is 17.5 Å². The number of hydrogen-bond donors (Lipinski definition) is 1. The zero-order valence-electron chi connectivity index (χ0n) is 12.1. The first-order valence-corrected chi connectivity index (χ1v) is 8.53. The van der Waals surface area contributed by atoms with Gasteiger partial charge in [-0.2, -0.15) is 0 Å². The van der Waals surface area contributed by atoms with Gasteiger partial charge in [-0.25, -0.2) is 8.42 Å². The molecule has 19 heavy (non-hydrogen) atoms. The smallest absolute Gasteiger partial charge is 0.154 e. The predicted molar refractivity (Wildman–Crippen MR) is 80.7 cm³/mol. The molecule has 0 spiro atoms. The van der Waals surface area contributed by atoms with Crippen LogP contribution in [0.1, 0.15) is 37.8 Å². The lowest BCUT2D eigenvalue weighted by molar-refractivity contribution is 0.344. The van der Waals surface area contributed by atoms with Crippen LogP contribution in [0, 0.1) is 12.3 Å². The third-order valence-corrected chi connectivity index (χ3v) is 5.16. The van der Waals surface area contributed by atoms with Crippen molar-refractivity contribution < 1.29 is 8.42 Å². The molecule has 0 bridgehead atoms. The monoisotopic (exact) mass is 283 g/mol. The molecule has 3 nitrogen and oxygen atoms in total. The molecule has 0 amide bonds. The molecule has 0 radical (unpaired) electrons. The zero-order chi connectivity index (χ0) is 14.5. The highest BCUT2D eigenvalue weighted by Crippen LogP contribution is 2.21. The highest BCUT2D eigenvalue weighted by molar-refractivity contribution is 7.90. The summed E-state index contributed by atoms with van der Waals surface area (Å²) in [7, 11) is -3.03. The molecule has 1 aromatic carbocycles. The minimum absolute atomic E-state index is 0.0260. The van der Waals surface area contributed by atoms with Crippen LogP contribution in [0.5, 0.6) is 0 Å². The van der Waals surface area contributed by atoms with Crippen LogP contribution in [0.25, 0.3) is 0 Å². The Balaban J connectivity index is 2.56. The van der Waals surface area contributed by atoms with Crippen molar-refractivity contribution in [3.8, 4) is 0 Å². The molecular weight excluding hydrogens is 258 g/mol. The van der Waals surface area contributed by atoms with Gasteiger partial charge in [0.25, 0.3) is 0 Å². The Hall–Kier alpha value is -0.870. The van der Waals surface area contributed by atoms with E-state index >= 15 is 0 Å². The van der Waals surface area contributed by atoms with E-state index in [2.05, 4.69) is 13.8 Å². The van der Waals surface area contributed by atoms with E-state index in [1.54, 1.807) is 0 Å². The number of aryl methyl sites for hydroxylation is 1. The van der Waals surface area contributed by atoms with E-state index in [0.29, 0.717) is 13.0 Å². The summed E-state index contributed by atoms with van der Waals surface area (Å²) in [5, 5.41) is 0. The number of benzene rings is 1. The third-order valence-electron chi connectivity index (χ3n) is 3.50. The van der Waals surface area contributed by atoms with Crippen LogP contribution in [0.4, 0.5) is 0 Å². The first-order chi connectivity index (χ1) is 8.76. The molecule has 0 unspecified atom stereocenters. The summed E-state index contributed by atoms with van der Waals surface area (Å²) in [5.74, 6) is 0.382. The molecule has 0 saturated heterocycles. The Bertz CT molecular complexity index is 507. The van der Waals surface area contributed by atoms with Crippen LogP contribution in [0.3, 0.4) is 0 Å². The Morgan fingerprint density at radius 2 is 1.84 bits per heavy atom. The second-order valence-corrected chi connectivity index (χ2v) is 8.17. The lowest BCUT2D eigenvalue weighted by Crippen LogP contribution is -2.24. The van der Waals surface area contributed by atoms with Gasteiger partial charge in [0.05, 0.1) is 11.5 Å². The van der Waals surface area contributed by atoms with Crippen LogP contribution in [0.2, 0.25) is 0 Å². The first kappa shape index (κ1) is 16.2. The fraction of sp³-hybridized carbons (Fsp3) is 0.600. The van der Waals surface area contributed by atoms with Crippen LogP contribution in [0.15, 0.2) is 24.3 Å². The second-order valence-electron chi connectivity index (χ2n) is 5.99. The summed E-state index contributed by atoms with van der Waals surface area (Å²) < 4.78 is 24.2. The summed E-state index contributed by atoms with van der Waals surface area (Å²) in [5.41, 5.74) is 7.61. The van der Waals surface area contributed by atoms with Gasteiger partial charge in [0.15, 0.2) is 9.84 Å². The molecule has 2 N–H and O–H groups in total. The molecule has 0 atom stereocenters. The Morgan fingerprint density at radius 3 is 2.42 bits per heavy atom. The lowest BCUT2D eigenvalue weighted by atomic mass is 9.88. The molecule has 1 rings (SSSR count). The van der Waals surface area contributed by atoms with Gasteiger partial charge in [0.2, 0.25) is 0 Å². The van der Waals surface area contributed by atoms with Gasteiger partial charge in [-0.15, -0.1) is 0 Å². The Kier molecular flexibility index (Phi) is 5.56. The van der Waals surface area contributed by atoms with E-state index in [1.165, 1.54) is 0 Å². The first-order valence-electron chi connectivity index (χ1n) is 6.71. The minimum atomic E-state index is -3.03. The number of rotatable bonds is 7. The molecule has 0 aliphatic heterocycles. The average Bonchev–Trinajstić information content (AvgIpc) is 2.31. The van der Waals surface area contributed by atoms with Crippen molar-refractivity contribution in [1.82, 2.24) is 0 Å². The largest absolute Gasteiger partial charge is 0.330 e. The van der Waals surface area contributed by atoms with Gasteiger partial charge in [0.1, 0.15) is 0 Å². The maximum atomic E-state index is 12.1. The number of sulfone groups is 1. The maximum Gasteiger partial charge on any atom is 0.154 e. The summed E-state index contributed by atoms with van der Waals surface area (Å²) >= 11 is 0. The normalized spacial score (nSPS) is 12.6. The van der Waals surface area contributed by atoms with Crippen molar-refractivity contribution in [1.29, 1.82) is 0 Å². The fourth-order valence-electron chi connectivity index (χ4n) is 1.95. The van der Waals surface area contributed by atoms with E-state index < -0.39 is 9.84 Å². The standard InChI is InChI=1S/C15H25NO2S/c1-13-7-4-5-8-14(13)11-19(17,18)10-6-9-15(2,3)12-16/h4-5,7-8H,6,9-12,16H2,1-3H3. The molecule has 4 heteroatoms. The van der Waals surface area contributed by atoms with Crippen LogP contribution in [-0.2, 0) is 15.6 Å². The molecule has 108 valence electrons. The highest BCUT2D eigenvalue weighted by atomic mass is 32.2. The molecule has 0 aromatic heterocycles. The molecule has 0 fully saturated rings. The van der Waals surface area contributed by atoms with Crippen molar-refractivity contribution in [3.63, 3.8) is 0 Å². The van der Waals surface area contributed by atoms with Crippen molar-refractivity contribution in [3.05, 3.63) is 35.4 Å². The SMILES string of the molecule is Cc1ccccc1CS(=O)(=O)CCCC(C)(C)CN. The van der Waals surface area contributed by atoms with Gasteiger partial charge in [-0.1, -0.05) is 38.1 Å². The van der Waals surface area contributed by atoms with Crippen molar-refractivity contribution in [2.24, 2.45) is 11.1 Å². The van der Waals surface area contributed by atoms with Gasteiger partial charge < -0.3 is 5.73 Å². The zero-order valence-corrected chi connectivity index (χ0v) is 13.0. The maximum absolute atomic E-state index is 12.1. The fourth-order valence-corrected chi connectivity index (χ4v) is 3.48. The van der Waals surface area contributed by atoms with Crippen LogP contribution in [-0.4, -0.2) is 20.7 Å². The number of hydrogen-bond acceptors (Lipinski definition) is 3. The van der Waals surface area contributed by atoms with E-state index in [-0.39, 0.29) is 16.9 Å². The van der Waals surface area contributed by atoms with Crippen LogP contribution < -0.4 is 5.73 Å². The van der Waals surface area contributed by atoms with E-state index in [9.17, 15) is 8.42 Å². The number of nitrogens with two attached hydrogens (primary N) is 1. The molecule has 0 heterocycles. The molecule has 0 aliphatic rings. The molecule has 0 aliphatic carbocycles. The van der Waals surface area contributed by atoms with Crippen molar-refractivity contribution >= 4 is 9.84 Å². The highest BCUT2D eigenvalue weighted by Gasteiger charge is 2.18. The summed E-state index contributed by atoms with van der Waals surface area (Å²) in [4.78, 5) is 0. The lowest BCUT2D eigenvalue weighted by Gasteiger charge is -2.21. The third kappa shape index (κ3) is 5.74. The summed E-state index contributed by atoms with van der Waals surface area (Å²) in [6.07, 6.45) is 1.52. The van der Waals surface area contributed by atoms with Crippen LogP contribution >= 0.6 is 0 Å². The summed E-state index contributed by atoms with van der Waals surface area (Å²) in [6, 6.07) is 7.64. The summed E-state index contributed by atoms with van der Waals surface area (Å²) in [6.45, 7) is 6.68. The molecule has 0 saturated carbocycles. The van der Waals surface area contributed by atoms with Gasteiger partial charge in [-0.3, -0.25) is 0 Å². The Labute approximate surface area is 117 Å². The van der Waals surface area contributed by atoms with E-state index in [4.69, 9.17) is 5.73 Å². The molecular formula is C15H25NO2S. The van der Waals surface area contributed by atoms with Gasteiger partial charge in [0, 0.05) is 0 Å². The molecule has 1 aromatic rings. The second kappa shape index (κ2) is 6.53. The quantitative estimate of drug-likeness (QED) is 0.837. The Morgan fingerprint density at radius 1 is 1.21 bits per heavy atom. The van der Waals surface area contributed by atoms with Crippen molar-refractivity contribution in [2.45, 2.75) is 39.4 Å².